The molecule has 20 heavy (non-hydrogen) atoms. The van der Waals surface area contributed by atoms with E-state index in [4.69, 9.17) is 5.73 Å². The Labute approximate surface area is 123 Å². The molecule has 2 rings (SSSR count). The molecule has 0 spiro atoms. The van der Waals surface area contributed by atoms with Crippen molar-refractivity contribution < 1.29 is 0 Å². The van der Waals surface area contributed by atoms with Gasteiger partial charge in [-0.15, -0.1) is 0 Å². The molecular weight excluding hydrogens is 246 g/mol. The van der Waals surface area contributed by atoms with Crippen molar-refractivity contribution in [1.82, 2.24) is 9.78 Å². The third-order valence-corrected chi connectivity index (χ3v) is 5.15. The van der Waals surface area contributed by atoms with Crippen molar-refractivity contribution in [2.75, 3.05) is 6.54 Å². The summed E-state index contributed by atoms with van der Waals surface area (Å²) in [5.74, 6) is 0.952. The predicted molar refractivity (Wildman–Crippen MR) is 84.6 cm³/mol. The molecule has 1 heterocycles. The number of nitrogens with zero attached hydrogens (tertiary/aromatic N) is 2. The highest BCUT2D eigenvalue weighted by atomic mass is 15.3. The highest BCUT2D eigenvalue weighted by molar-refractivity contribution is 5.09. The third kappa shape index (κ3) is 3.85. The molecule has 3 heteroatoms. The summed E-state index contributed by atoms with van der Waals surface area (Å²) in [7, 11) is 0. The first-order chi connectivity index (χ1) is 9.71. The van der Waals surface area contributed by atoms with E-state index in [1.807, 2.05) is 10.9 Å². The summed E-state index contributed by atoms with van der Waals surface area (Å²) in [6.45, 7) is 6.20. The minimum atomic E-state index is 0.338. The van der Waals surface area contributed by atoms with E-state index in [2.05, 4.69) is 25.1 Å². The van der Waals surface area contributed by atoms with Gasteiger partial charge in [0.2, 0.25) is 0 Å². The minimum Gasteiger partial charge on any atom is -0.330 e. The summed E-state index contributed by atoms with van der Waals surface area (Å²) in [6, 6.07) is 0. The second-order valence-corrected chi connectivity index (χ2v) is 6.67. The van der Waals surface area contributed by atoms with Crippen LogP contribution in [0, 0.1) is 11.3 Å². The zero-order valence-electron chi connectivity index (χ0n) is 13.3. The summed E-state index contributed by atoms with van der Waals surface area (Å²) < 4.78 is 2.02. The molecule has 0 aromatic carbocycles. The zero-order valence-corrected chi connectivity index (χ0v) is 13.3. The molecule has 1 aromatic heterocycles. The molecule has 1 aliphatic rings. The maximum atomic E-state index is 6.14. The summed E-state index contributed by atoms with van der Waals surface area (Å²) in [6.07, 6.45) is 14.8. The second kappa shape index (κ2) is 7.26. The highest BCUT2D eigenvalue weighted by Crippen LogP contribution is 2.42. The zero-order chi connectivity index (χ0) is 14.4. The van der Waals surface area contributed by atoms with Gasteiger partial charge >= 0.3 is 0 Å². The van der Waals surface area contributed by atoms with Gasteiger partial charge in [0.1, 0.15) is 0 Å². The molecule has 0 radical (unpaired) electrons. The number of nitrogens with two attached hydrogens (primary N) is 1. The van der Waals surface area contributed by atoms with Gasteiger partial charge in [0.25, 0.3) is 0 Å². The molecule has 2 N–H and O–H groups in total. The van der Waals surface area contributed by atoms with Crippen LogP contribution in [-0.2, 0) is 13.0 Å². The fourth-order valence-corrected chi connectivity index (χ4v) is 3.63. The average molecular weight is 277 g/mol. The number of hydrogen-bond acceptors (Lipinski definition) is 2. The number of unbranched alkanes of at least 4 members (excludes halogenated alkanes) is 1. The molecule has 0 amide bonds. The Kier molecular flexibility index (Phi) is 5.64. The molecule has 3 nitrogen and oxygen atoms in total. The van der Waals surface area contributed by atoms with Crippen molar-refractivity contribution in [3.05, 3.63) is 18.0 Å². The Morgan fingerprint density at radius 2 is 2.10 bits per heavy atom. The Hall–Kier alpha value is -0.830. The van der Waals surface area contributed by atoms with Gasteiger partial charge in [0.05, 0.1) is 6.20 Å². The SMILES string of the molecule is CCCCC1CCC(CN)(Cc2cnn(CC)c2)CC1. The van der Waals surface area contributed by atoms with Crippen LogP contribution in [0.15, 0.2) is 12.4 Å². The maximum absolute atomic E-state index is 6.14. The Morgan fingerprint density at radius 1 is 1.35 bits per heavy atom. The van der Waals surface area contributed by atoms with Crippen molar-refractivity contribution in [2.24, 2.45) is 17.1 Å². The largest absolute Gasteiger partial charge is 0.330 e. The van der Waals surface area contributed by atoms with Crippen molar-refractivity contribution in [2.45, 2.75) is 71.8 Å². The lowest BCUT2D eigenvalue weighted by Gasteiger charge is -2.39. The number of aryl methyl sites for hydroxylation is 1. The topological polar surface area (TPSA) is 43.8 Å². The van der Waals surface area contributed by atoms with E-state index in [-0.39, 0.29) is 0 Å². The van der Waals surface area contributed by atoms with Gasteiger partial charge in [-0.2, -0.15) is 5.10 Å². The van der Waals surface area contributed by atoms with Crippen LogP contribution in [0.3, 0.4) is 0 Å². The molecule has 1 aliphatic carbocycles. The van der Waals surface area contributed by atoms with Crippen LogP contribution in [0.25, 0.3) is 0 Å². The Bertz CT molecular complexity index is 389. The Balaban J connectivity index is 1.91. The number of aromatic nitrogens is 2. The predicted octanol–water partition coefficient (Wildman–Crippen LogP) is 3.77. The molecule has 0 bridgehead atoms. The van der Waals surface area contributed by atoms with Crippen LogP contribution >= 0.6 is 0 Å². The van der Waals surface area contributed by atoms with E-state index < -0.39 is 0 Å². The fraction of sp³-hybridized carbons (Fsp3) is 0.824. The lowest BCUT2D eigenvalue weighted by atomic mass is 9.67. The van der Waals surface area contributed by atoms with E-state index in [0.717, 1.165) is 25.4 Å². The van der Waals surface area contributed by atoms with Gasteiger partial charge in [0, 0.05) is 12.7 Å². The van der Waals surface area contributed by atoms with E-state index in [9.17, 15) is 0 Å². The van der Waals surface area contributed by atoms with Crippen LogP contribution in [0.2, 0.25) is 0 Å². The summed E-state index contributed by atoms with van der Waals surface area (Å²) in [4.78, 5) is 0. The van der Waals surface area contributed by atoms with Crippen molar-refractivity contribution in [1.29, 1.82) is 0 Å². The fourth-order valence-electron chi connectivity index (χ4n) is 3.63. The maximum Gasteiger partial charge on any atom is 0.0521 e. The lowest BCUT2D eigenvalue weighted by molar-refractivity contribution is 0.150. The van der Waals surface area contributed by atoms with Gasteiger partial charge in [0.15, 0.2) is 0 Å². The van der Waals surface area contributed by atoms with Crippen molar-refractivity contribution in [3.8, 4) is 0 Å². The molecule has 114 valence electrons. The highest BCUT2D eigenvalue weighted by Gasteiger charge is 2.34. The first-order valence-corrected chi connectivity index (χ1v) is 8.42. The van der Waals surface area contributed by atoms with Crippen LogP contribution in [-0.4, -0.2) is 16.3 Å². The molecule has 0 saturated heterocycles. The first kappa shape index (κ1) is 15.6. The summed E-state index contributed by atoms with van der Waals surface area (Å²) >= 11 is 0. The second-order valence-electron chi connectivity index (χ2n) is 6.67. The van der Waals surface area contributed by atoms with Gasteiger partial charge in [-0.25, -0.2) is 0 Å². The van der Waals surface area contributed by atoms with E-state index in [1.165, 1.54) is 50.5 Å². The van der Waals surface area contributed by atoms with E-state index >= 15 is 0 Å². The van der Waals surface area contributed by atoms with Gasteiger partial charge in [-0.1, -0.05) is 26.2 Å². The van der Waals surface area contributed by atoms with Crippen LogP contribution in [0.5, 0.6) is 0 Å². The lowest BCUT2D eigenvalue weighted by Crippen LogP contribution is -2.36. The quantitative estimate of drug-likeness (QED) is 0.824. The Morgan fingerprint density at radius 3 is 2.65 bits per heavy atom. The molecule has 0 unspecified atom stereocenters. The summed E-state index contributed by atoms with van der Waals surface area (Å²) in [5, 5.41) is 4.40. The standard InChI is InChI=1S/C17H31N3/c1-3-5-6-15-7-9-17(14-18,10-8-15)11-16-12-19-20(4-2)13-16/h12-13,15H,3-11,14,18H2,1-2H3. The summed E-state index contributed by atoms with van der Waals surface area (Å²) in [5.41, 5.74) is 7.85. The average Bonchev–Trinajstić information content (AvgIpc) is 2.94. The van der Waals surface area contributed by atoms with Crippen LogP contribution in [0.4, 0.5) is 0 Å². The number of rotatable bonds is 7. The monoisotopic (exact) mass is 277 g/mol. The van der Waals surface area contributed by atoms with Gasteiger partial charge < -0.3 is 5.73 Å². The molecule has 1 fully saturated rings. The van der Waals surface area contributed by atoms with E-state index in [0.29, 0.717) is 5.41 Å². The molecular formula is C17H31N3. The van der Waals surface area contributed by atoms with Gasteiger partial charge in [-0.05, 0) is 62.5 Å². The van der Waals surface area contributed by atoms with Crippen LogP contribution < -0.4 is 5.73 Å². The van der Waals surface area contributed by atoms with E-state index in [1.54, 1.807) is 0 Å². The van der Waals surface area contributed by atoms with Crippen molar-refractivity contribution >= 4 is 0 Å². The normalized spacial score (nSPS) is 26.9. The van der Waals surface area contributed by atoms with Crippen molar-refractivity contribution in [3.63, 3.8) is 0 Å². The molecule has 1 aromatic rings. The van der Waals surface area contributed by atoms with Gasteiger partial charge in [-0.3, -0.25) is 4.68 Å². The van der Waals surface area contributed by atoms with Crippen LogP contribution in [0.1, 0.15) is 64.4 Å². The third-order valence-electron chi connectivity index (χ3n) is 5.15. The smallest absolute Gasteiger partial charge is 0.0521 e. The number of hydrogen-bond donors (Lipinski definition) is 1. The first-order valence-electron chi connectivity index (χ1n) is 8.42. The molecule has 0 atom stereocenters. The molecule has 1 saturated carbocycles. The minimum absolute atomic E-state index is 0.338. The molecule has 0 aliphatic heterocycles.